The van der Waals surface area contributed by atoms with E-state index in [4.69, 9.17) is 11.6 Å². The van der Waals surface area contributed by atoms with Gasteiger partial charge in [-0.1, -0.05) is 42.1 Å². The smallest absolute Gasteiger partial charge is 0.253 e. The summed E-state index contributed by atoms with van der Waals surface area (Å²) in [6.45, 7) is 3.02. The van der Waals surface area contributed by atoms with Gasteiger partial charge in [0.1, 0.15) is 0 Å². The van der Waals surface area contributed by atoms with E-state index in [0.717, 1.165) is 5.56 Å². The van der Waals surface area contributed by atoms with Crippen molar-refractivity contribution < 1.29 is 18.0 Å². The molecule has 33 heavy (non-hydrogen) atoms. The van der Waals surface area contributed by atoms with Crippen molar-refractivity contribution in [3.05, 3.63) is 64.7 Å². The number of likely N-dealkylation sites (tertiary alicyclic amines) is 1. The number of piperidine rings is 1. The van der Waals surface area contributed by atoms with Gasteiger partial charge in [-0.05, 0) is 69.0 Å². The second kappa shape index (κ2) is 9.47. The molecule has 1 aliphatic heterocycles. The van der Waals surface area contributed by atoms with E-state index in [0.29, 0.717) is 62.2 Å². The van der Waals surface area contributed by atoms with Crippen LogP contribution in [0.5, 0.6) is 0 Å². The molecule has 8 heteroatoms. The summed E-state index contributed by atoms with van der Waals surface area (Å²) in [5.41, 5.74) is 1.75. The van der Waals surface area contributed by atoms with Crippen LogP contribution in [0.3, 0.4) is 0 Å². The molecule has 6 nitrogen and oxygen atoms in total. The average Bonchev–Trinajstić information content (AvgIpc) is 3.32. The number of nitrogens with zero attached hydrogens (tertiary/aromatic N) is 1. The van der Waals surface area contributed by atoms with Gasteiger partial charge in [-0.15, -0.1) is 0 Å². The standard InChI is InChI=1S/C25H29ClN2O4S/c1-18-4-6-19(7-5-18)23(29)28-16-12-21(13-17-28)27-24(30)25(14-2-3-15-25)33(31,32)22-10-8-20(26)9-11-22/h4-11,21H,2-3,12-17H2,1H3,(H,27,30). The molecule has 0 radical (unpaired) electrons. The van der Waals surface area contributed by atoms with E-state index in [1.807, 2.05) is 31.2 Å². The molecule has 2 aliphatic rings. The predicted octanol–water partition coefficient (Wildman–Crippen LogP) is 4.16. The molecular formula is C25H29ClN2O4S. The summed E-state index contributed by atoms with van der Waals surface area (Å²) in [5.74, 6) is -0.435. The summed E-state index contributed by atoms with van der Waals surface area (Å²) >= 11 is 5.93. The molecule has 4 rings (SSSR count). The lowest BCUT2D eigenvalue weighted by Gasteiger charge is -2.35. The number of carbonyl (C=O) groups is 2. The van der Waals surface area contributed by atoms with Crippen LogP contribution in [0.2, 0.25) is 5.02 Å². The fourth-order valence-corrected chi connectivity index (χ4v) is 7.03. The first-order chi connectivity index (χ1) is 15.7. The van der Waals surface area contributed by atoms with Crippen molar-refractivity contribution in [2.45, 2.75) is 61.1 Å². The van der Waals surface area contributed by atoms with E-state index < -0.39 is 20.5 Å². The first kappa shape index (κ1) is 23.8. The summed E-state index contributed by atoms with van der Waals surface area (Å²) in [5, 5.41) is 3.46. The quantitative estimate of drug-likeness (QED) is 0.685. The Bertz CT molecular complexity index is 1120. The molecular weight excluding hydrogens is 460 g/mol. The molecule has 176 valence electrons. The molecule has 0 spiro atoms. The van der Waals surface area contributed by atoms with Crippen molar-refractivity contribution in [3.8, 4) is 0 Å². The first-order valence-corrected chi connectivity index (χ1v) is 13.3. The van der Waals surface area contributed by atoms with E-state index >= 15 is 0 Å². The monoisotopic (exact) mass is 488 g/mol. The Labute approximate surface area is 200 Å². The molecule has 2 amide bonds. The largest absolute Gasteiger partial charge is 0.352 e. The van der Waals surface area contributed by atoms with Crippen LogP contribution < -0.4 is 5.32 Å². The lowest BCUT2D eigenvalue weighted by atomic mass is 10.0. The van der Waals surface area contributed by atoms with Crippen LogP contribution in [0.15, 0.2) is 53.4 Å². The number of hydrogen-bond acceptors (Lipinski definition) is 4. The summed E-state index contributed by atoms with van der Waals surface area (Å²) in [6.07, 6.45) is 3.22. The van der Waals surface area contributed by atoms with Crippen LogP contribution in [-0.4, -0.2) is 49.0 Å². The third-order valence-corrected chi connectivity index (χ3v) is 9.65. The Balaban J connectivity index is 1.43. The first-order valence-electron chi connectivity index (χ1n) is 11.4. The van der Waals surface area contributed by atoms with Gasteiger partial charge in [0.25, 0.3) is 5.91 Å². The number of nitrogens with one attached hydrogen (secondary N) is 1. The molecule has 2 aromatic rings. The Morgan fingerprint density at radius 3 is 2.12 bits per heavy atom. The molecule has 0 unspecified atom stereocenters. The molecule has 2 aromatic carbocycles. The molecule has 0 aromatic heterocycles. The van der Waals surface area contributed by atoms with Crippen LogP contribution in [0.4, 0.5) is 0 Å². The van der Waals surface area contributed by atoms with Crippen LogP contribution >= 0.6 is 11.6 Å². The van der Waals surface area contributed by atoms with E-state index in [1.54, 1.807) is 4.90 Å². The van der Waals surface area contributed by atoms with E-state index in [1.165, 1.54) is 24.3 Å². The van der Waals surface area contributed by atoms with Crippen molar-refractivity contribution in [1.29, 1.82) is 0 Å². The van der Waals surface area contributed by atoms with Gasteiger partial charge in [-0.25, -0.2) is 8.42 Å². The summed E-state index contributed by atoms with van der Waals surface area (Å²) in [7, 11) is -3.87. The maximum Gasteiger partial charge on any atom is 0.253 e. The summed E-state index contributed by atoms with van der Waals surface area (Å²) in [4.78, 5) is 28.1. The molecule has 0 bridgehead atoms. The zero-order valence-electron chi connectivity index (χ0n) is 18.7. The average molecular weight is 489 g/mol. The van der Waals surface area contributed by atoms with E-state index in [2.05, 4.69) is 5.32 Å². The highest BCUT2D eigenvalue weighted by Gasteiger charge is 2.53. The Kier molecular flexibility index (Phi) is 6.82. The highest BCUT2D eigenvalue weighted by Crippen LogP contribution is 2.41. The molecule has 0 atom stereocenters. The second-order valence-corrected chi connectivity index (χ2v) is 11.8. The number of sulfone groups is 1. The van der Waals surface area contributed by atoms with Gasteiger partial charge >= 0.3 is 0 Å². The number of hydrogen-bond donors (Lipinski definition) is 1. The summed E-state index contributed by atoms with van der Waals surface area (Å²) < 4.78 is 25.6. The van der Waals surface area contributed by atoms with Gasteiger partial charge in [-0.2, -0.15) is 0 Å². The third kappa shape index (κ3) is 4.66. The number of benzene rings is 2. The van der Waals surface area contributed by atoms with Crippen molar-refractivity contribution in [3.63, 3.8) is 0 Å². The predicted molar refractivity (Wildman–Crippen MR) is 128 cm³/mol. The fraction of sp³-hybridized carbons (Fsp3) is 0.440. The lowest BCUT2D eigenvalue weighted by Crippen LogP contribution is -2.55. The highest BCUT2D eigenvalue weighted by atomic mass is 35.5. The maximum absolute atomic E-state index is 13.5. The van der Waals surface area contributed by atoms with Crippen molar-refractivity contribution in [2.24, 2.45) is 0 Å². The number of amides is 2. The van der Waals surface area contributed by atoms with Crippen LogP contribution in [0, 0.1) is 6.92 Å². The Hall–Kier alpha value is -2.38. The van der Waals surface area contributed by atoms with Crippen molar-refractivity contribution in [1.82, 2.24) is 10.2 Å². The van der Waals surface area contributed by atoms with Gasteiger partial charge in [0.15, 0.2) is 14.6 Å². The zero-order chi connectivity index (χ0) is 23.6. The van der Waals surface area contributed by atoms with Gasteiger partial charge in [0.05, 0.1) is 4.90 Å². The molecule has 1 saturated heterocycles. The van der Waals surface area contributed by atoms with Crippen LogP contribution in [0.1, 0.15) is 54.4 Å². The highest BCUT2D eigenvalue weighted by molar-refractivity contribution is 7.93. The normalized spacial score (nSPS) is 18.8. The number of carbonyl (C=O) groups excluding carboxylic acids is 2. The molecule has 1 N–H and O–H groups in total. The Morgan fingerprint density at radius 1 is 0.970 bits per heavy atom. The minimum absolute atomic E-state index is 0.0163. The molecule has 1 heterocycles. The second-order valence-electron chi connectivity index (χ2n) is 9.06. The molecule has 1 saturated carbocycles. The number of rotatable bonds is 5. The SMILES string of the molecule is Cc1ccc(C(=O)N2CCC(NC(=O)C3(S(=O)(=O)c4ccc(Cl)cc4)CCCC3)CC2)cc1. The zero-order valence-corrected chi connectivity index (χ0v) is 20.3. The minimum atomic E-state index is -3.87. The van der Waals surface area contributed by atoms with Gasteiger partial charge < -0.3 is 10.2 Å². The third-order valence-electron chi connectivity index (χ3n) is 6.88. The van der Waals surface area contributed by atoms with Crippen LogP contribution in [0.25, 0.3) is 0 Å². The topological polar surface area (TPSA) is 83.6 Å². The molecule has 2 fully saturated rings. The fourth-order valence-electron chi connectivity index (χ4n) is 4.83. The van der Waals surface area contributed by atoms with Gasteiger partial charge in [0, 0.05) is 29.7 Å². The minimum Gasteiger partial charge on any atom is -0.352 e. The van der Waals surface area contributed by atoms with Gasteiger partial charge in [-0.3, -0.25) is 9.59 Å². The lowest BCUT2D eigenvalue weighted by molar-refractivity contribution is -0.124. The maximum atomic E-state index is 13.5. The van der Waals surface area contributed by atoms with E-state index in [9.17, 15) is 18.0 Å². The Morgan fingerprint density at radius 2 is 1.55 bits per heavy atom. The van der Waals surface area contributed by atoms with Crippen molar-refractivity contribution in [2.75, 3.05) is 13.1 Å². The summed E-state index contributed by atoms with van der Waals surface area (Å²) in [6, 6.07) is 13.4. The van der Waals surface area contributed by atoms with Crippen molar-refractivity contribution >= 4 is 33.3 Å². The molecule has 1 aliphatic carbocycles. The van der Waals surface area contributed by atoms with E-state index in [-0.39, 0.29) is 16.8 Å². The van der Waals surface area contributed by atoms with Gasteiger partial charge in [0.2, 0.25) is 5.91 Å². The number of halogens is 1. The number of aryl methyl sites for hydroxylation is 1. The van der Waals surface area contributed by atoms with Crippen LogP contribution in [-0.2, 0) is 14.6 Å².